The third-order valence-electron chi connectivity index (χ3n) is 8.76. The Morgan fingerprint density at radius 1 is 0.761 bits per heavy atom. The predicted octanol–water partition coefficient (Wildman–Crippen LogP) is 9.99. The fourth-order valence-electron chi connectivity index (χ4n) is 5.99. The standard InChI is InChI=1S/C39H46N6O/c1-25(2)29-17-33(26(3)4)38(34(18-29)27(5)6)28-13-14-40-37(19-28)45-36-21-32(22-41-35(36)23-42-45)46-31-12-10-11-30(20-31)43-15-16-44(24-43)39(7,8)9/h10-23,25-27H,24H2,1-9H3. The molecule has 7 nitrogen and oxygen atoms in total. The zero-order valence-corrected chi connectivity index (χ0v) is 28.6. The first-order valence-corrected chi connectivity index (χ1v) is 16.4. The Labute approximate surface area is 273 Å². The van der Waals surface area contributed by atoms with Gasteiger partial charge in [-0.1, -0.05) is 59.7 Å². The molecule has 0 spiro atoms. The average molecular weight is 615 g/mol. The summed E-state index contributed by atoms with van der Waals surface area (Å²) in [5, 5.41) is 4.71. The Bertz CT molecular complexity index is 1870. The number of anilines is 1. The minimum atomic E-state index is 0.0591. The summed E-state index contributed by atoms with van der Waals surface area (Å²) in [4.78, 5) is 14.0. The normalized spacial score (nSPS) is 13.7. The van der Waals surface area contributed by atoms with Crippen molar-refractivity contribution in [3.05, 3.63) is 102 Å². The maximum absolute atomic E-state index is 6.36. The first-order chi connectivity index (χ1) is 21.9. The first-order valence-electron chi connectivity index (χ1n) is 16.4. The Morgan fingerprint density at radius 2 is 1.50 bits per heavy atom. The van der Waals surface area contributed by atoms with Crippen LogP contribution in [0.3, 0.4) is 0 Å². The molecule has 6 rings (SSSR count). The molecule has 46 heavy (non-hydrogen) atoms. The maximum atomic E-state index is 6.36. The molecule has 0 amide bonds. The molecule has 0 bridgehead atoms. The molecule has 0 radical (unpaired) electrons. The lowest BCUT2D eigenvalue weighted by Gasteiger charge is -2.33. The van der Waals surface area contributed by atoms with Crippen molar-refractivity contribution < 1.29 is 4.74 Å². The number of aromatic nitrogens is 4. The number of hydrogen-bond acceptors (Lipinski definition) is 6. The molecule has 0 unspecified atom stereocenters. The van der Waals surface area contributed by atoms with Gasteiger partial charge in [-0.15, -0.1) is 0 Å². The van der Waals surface area contributed by atoms with Crippen molar-refractivity contribution in [1.29, 1.82) is 0 Å². The van der Waals surface area contributed by atoms with E-state index in [0.717, 1.165) is 40.5 Å². The highest BCUT2D eigenvalue weighted by molar-refractivity contribution is 5.79. The topological polar surface area (TPSA) is 59.3 Å². The highest BCUT2D eigenvalue weighted by Gasteiger charge is 2.24. The van der Waals surface area contributed by atoms with Gasteiger partial charge >= 0.3 is 0 Å². The van der Waals surface area contributed by atoms with Crippen molar-refractivity contribution in [2.24, 2.45) is 0 Å². The molecular weight excluding hydrogens is 568 g/mol. The molecule has 5 aromatic rings. The summed E-state index contributed by atoms with van der Waals surface area (Å²) in [6.07, 6.45) is 9.68. The Morgan fingerprint density at radius 3 is 2.15 bits per heavy atom. The summed E-state index contributed by atoms with van der Waals surface area (Å²) < 4.78 is 8.22. The van der Waals surface area contributed by atoms with Gasteiger partial charge in [-0.25, -0.2) is 14.6 Å². The second-order valence-electron chi connectivity index (χ2n) is 14.2. The van der Waals surface area contributed by atoms with Crippen LogP contribution in [0.1, 0.15) is 96.8 Å². The van der Waals surface area contributed by atoms with E-state index in [-0.39, 0.29) is 5.54 Å². The smallest absolute Gasteiger partial charge is 0.154 e. The van der Waals surface area contributed by atoms with Crippen LogP contribution >= 0.6 is 0 Å². The van der Waals surface area contributed by atoms with Crippen molar-refractivity contribution >= 4 is 16.7 Å². The summed E-state index contributed by atoms with van der Waals surface area (Å²) in [5.74, 6) is 3.37. The molecule has 0 N–H and O–H groups in total. The molecule has 7 heteroatoms. The summed E-state index contributed by atoms with van der Waals surface area (Å²) >= 11 is 0. The molecule has 4 heterocycles. The number of nitrogens with zero attached hydrogens (tertiary/aromatic N) is 6. The van der Waals surface area contributed by atoms with Crippen LogP contribution in [0.4, 0.5) is 5.69 Å². The van der Waals surface area contributed by atoms with E-state index in [2.05, 4.69) is 126 Å². The van der Waals surface area contributed by atoms with E-state index in [1.54, 1.807) is 12.4 Å². The van der Waals surface area contributed by atoms with Gasteiger partial charge in [-0.2, -0.15) is 5.10 Å². The highest BCUT2D eigenvalue weighted by atomic mass is 16.5. The van der Waals surface area contributed by atoms with Gasteiger partial charge in [0, 0.05) is 42.0 Å². The average Bonchev–Trinajstić information content (AvgIpc) is 3.69. The number of pyridine rings is 2. The van der Waals surface area contributed by atoms with Gasteiger partial charge in [-0.3, -0.25) is 0 Å². The van der Waals surface area contributed by atoms with Crippen LogP contribution in [0, 0.1) is 0 Å². The minimum absolute atomic E-state index is 0.0591. The zero-order chi connectivity index (χ0) is 32.7. The minimum Gasteiger partial charge on any atom is -0.456 e. The number of rotatable bonds is 8. The molecule has 0 saturated carbocycles. The lowest BCUT2D eigenvalue weighted by Crippen LogP contribution is -2.39. The zero-order valence-electron chi connectivity index (χ0n) is 28.6. The monoisotopic (exact) mass is 614 g/mol. The predicted molar refractivity (Wildman–Crippen MR) is 189 cm³/mol. The summed E-state index contributed by atoms with van der Waals surface area (Å²) in [7, 11) is 0. The van der Waals surface area contributed by atoms with Crippen LogP contribution in [0.5, 0.6) is 11.5 Å². The molecule has 0 fully saturated rings. The lowest BCUT2D eigenvalue weighted by atomic mass is 9.82. The van der Waals surface area contributed by atoms with E-state index in [4.69, 9.17) is 14.8 Å². The third-order valence-corrected chi connectivity index (χ3v) is 8.76. The van der Waals surface area contributed by atoms with Crippen molar-refractivity contribution in [2.45, 2.75) is 85.6 Å². The lowest BCUT2D eigenvalue weighted by molar-refractivity contribution is 0.223. The maximum Gasteiger partial charge on any atom is 0.154 e. The van der Waals surface area contributed by atoms with Crippen molar-refractivity contribution in [3.63, 3.8) is 0 Å². The molecule has 238 valence electrons. The second-order valence-corrected chi connectivity index (χ2v) is 14.2. The van der Waals surface area contributed by atoms with Crippen molar-refractivity contribution in [2.75, 3.05) is 11.6 Å². The molecule has 1 aliphatic heterocycles. The van der Waals surface area contributed by atoms with Crippen LogP contribution in [0.25, 0.3) is 28.0 Å². The van der Waals surface area contributed by atoms with Crippen LogP contribution in [-0.4, -0.2) is 36.9 Å². The van der Waals surface area contributed by atoms with E-state index in [1.807, 2.05) is 29.1 Å². The number of benzene rings is 2. The van der Waals surface area contributed by atoms with Crippen LogP contribution in [0.15, 0.2) is 85.6 Å². The van der Waals surface area contributed by atoms with Gasteiger partial charge < -0.3 is 14.5 Å². The van der Waals surface area contributed by atoms with Crippen LogP contribution in [0.2, 0.25) is 0 Å². The number of hydrogen-bond donors (Lipinski definition) is 0. The molecular formula is C39H46N6O. The molecule has 0 aliphatic carbocycles. The molecule has 1 aliphatic rings. The number of fused-ring (bicyclic) bond motifs is 1. The Balaban J connectivity index is 1.33. The molecule has 2 aromatic carbocycles. The van der Waals surface area contributed by atoms with Crippen LogP contribution in [-0.2, 0) is 0 Å². The van der Waals surface area contributed by atoms with E-state index < -0.39 is 0 Å². The molecule has 0 saturated heterocycles. The fourth-order valence-corrected chi connectivity index (χ4v) is 5.99. The van der Waals surface area contributed by atoms with Gasteiger partial charge in [-0.05, 0) is 90.6 Å². The van der Waals surface area contributed by atoms with E-state index in [0.29, 0.717) is 23.5 Å². The highest BCUT2D eigenvalue weighted by Crippen LogP contribution is 2.39. The third kappa shape index (κ3) is 6.23. The summed E-state index contributed by atoms with van der Waals surface area (Å²) in [6.45, 7) is 21.1. The van der Waals surface area contributed by atoms with Gasteiger partial charge in [0.05, 0.1) is 24.6 Å². The van der Waals surface area contributed by atoms with E-state index in [9.17, 15) is 0 Å². The van der Waals surface area contributed by atoms with Gasteiger partial charge in [0.25, 0.3) is 0 Å². The Hall–Kier alpha value is -4.65. The van der Waals surface area contributed by atoms with Crippen molar-refractivity contribution in [1.82, 2.24) is 24.6 Å². The summed E-state index contributed by atoms with van der Waals surface area (Å²) in [5.41, 5.74) is 9.32. The van der Waals surface area contributed by atoms with E-state index in [1.165, 1.54) is 22.3 Å². The van der Waals surface area contributed by atoms with Crippen molar-refractivity contribution in [3.8, 4) is 28.4 Å². The largest absolute Gasteiger partial charge is 0.456 e. The second kappa shape index (κ2) is 12.3. The summed E-state index contributed by atoms with van der Waals surface area (Å²) in [6, 6.07) is 19.2. The quantitative estimate of drug-likeness (QED) is 0.173. The van der Waals surface area contributed by atoms with Gasteiger partial charge in [0.2, 0.25) is 0 Å². The Kier molecular flexibility index (Phi) is 8.36. The SMILES string of the molecule is CC(C)c1cc(C(C)C)c(-c2ccnc(-n3ncc4ncc(Oc5cccc(N6C=CN(C(C)(C)C)C6)c5)cc43)c2)c(C(C)C)c1. The number of ether oxygens (including phenoxy) is 1. The van der Waals surface area contributed by atoms with E-state index >= 15 is 0 Å². The van der Waals surface area contributed by atoms with Gasteiger partial charge in [0.15, 0.2) is 5.82 Å². The molecule has 3 aromatic heterocycles. The fraction of sp³-hybridized carbons (Fsp3) is 0.359. The van der Waals surface area contributed by atoms with Gasteiger partial charge in [0.1, 0.15) is 17.0 Å². The first kappa shape index (κ1) is 31.3. The van der Waals surface area contributed by atoms with Crippen LogP contribution < -0.4 is 9.64 Å². The molecule has 0 atom stereocenters.